The Morgan fingerprint density at radius 1 is 0.964 bits per heavy atom. The van der Waals surface area contributed by atoms with E-state index in [2.05, 4.69) is 29.2 Å². The third-order valence-electron chi connectivity index (χ3n) is 6.11. The number of carbonyl (C=O) groups excluding carboxylic acids is 2. The summed E-state index contributed by atoms with van der Waals surface area (Å²) in [7, 11) is 0. The summed E-state index contributed by atoms with van der Waals surface area (Å²) in [5.74, 6) is -0.0764. The fourth-order valence-corrected chi connectivity index (χ4v) is 4.71. The van der Waals surface area contributed by atoms with Crippen molar-refractivity contribution in [3.05, 3.63) is 77.1 Å². The molecule has 3 aromatic rings. The van der Waals surface area contributed by atoms with Crippen LogP contribution in [0.15, 0.2) is 54.7 Å². The Bertz CT molecular complexity index is 1060. The number of amides is 1. The average Bonchev–Trinajstić information content (AvgIpc) is 3.19. The van der Waals surface area contributed by atoms with Gasteiger partial charge in [0.05, 0.1) is 0 Å². The number of aryl methyl sites for hydroxylation is 2. The summed E-state index contributed by atoms with van der Waals surface area (Å²) in [5, 5.41) is 2.34. The van der Waals surface area contributed by atoms with Gasteiger partial charge in [-0.25, -0.2) is 0 Å². The molecule has 1 saturated heterocycles. The van der Waals surface area contributed by atoms with E-state index in [1.54, 1.807) is 23.2 Å². The number of pyridine rings is 1. The largest absolute Gasteiger partial charge is 0.337 e. The molecule has 140 valence electrons. The molecule has 0 N–H and O–H groups in total. The van der Waals surface area contributed by atoms with Gasteiger partial charge in [-0.05, 0) is 59.7 Å². The lowest BCUT2D eigenvalue weighted by Gasteiger charge is -2.32. The summed E-state index contributed by atoms with van der Waals surface area (Å²) >= 11 is 0. The van der Waals surface area contributed by atoms with Crippen molar-refractivity contribution in [3.63, 3.8) is 0 Å². The molecule has 5 rings (SSSR count). The molecule has 28 heavy (non-hydrogen) atoms. The number of hydrogen-bond acceptors (Lipinski definition) is 3. The first-order valence-corrected chi connectivity index (χ1v) is 10.0. The fourth-order valence-electron chi connectivity index (χ4n) is 4.71. The number of likely N-dealkylation sites (tertiary alicyclic amines) is 1. The quantitative estimate of drug-likeness (QED) is 0.653. The molecule has 0 radical (unpaired) electrons. The molecule has 2 aromatic carbocycles. The Hall–Kier alpha value is -3.01. The molecule has 2 heterocycles. The lowest BCUT2D eigenvalue weighted by atomic mass is 9.87. The Kier molecular flexibility index (Phi) is 4.19. The second-order valence-corrected chi connectivity index (χ2v) is 7.78. The van der Waals surface area contributed by atoms with Gasteiger partial charge >= 0.3 is 0 Å². The maximum atomic E-state index is 13.4. The van der Waals surface area contributed by atoms with Crippen LogP contribution in [0.3, 0.4) is 0 Å². The van der Waals surface area contributed by atoms with Crippen molar-refractivity contribution in [2.24, 2.45) is 5.92 Å². The lowest BCUT2D eigenvalue weighted by Crippen LogP contribution is -2.42. The van der Waals surface area contributed by atoms with E-state index in [1.165, 1.54) is 16.5 Å². The molecule has 1 amide bonds. The predicted octanol–water partition coefficient (Wildman–Crippen LogP) is 4.07. The zero-order chi connectivity index (χ0) is 19.1. The third-order valence-corrected chi connectivity index (χ3v) is 6.11. The highest BCUT2D eigenvalue weighted by atomic mass is 16.2. The molecular formula is C24H22N2O2. The lowest BCUT2D eigenvalue weighted by molar-refractivity contribution is 0.0632. The number of aromatic nitrogens is 1. The molecule has 1 aliphatic carbocycles. The van der Waals surface area contributed by atoms with Gasteiger partial charge < -0.3 is 4.90 Å². The van der Waals surface area contributed by atoms with Crippen molar-refractivity contribution in [1.82, 2.24) is 9.88 Å². The van der Waals surface area contributed by atoms with E-state index in [1.807, 2.05) is 12.1 Å². The van der Waals surface area contributed by atoms with Gasteiger partial charge in [-0.3, -0.25) is 14.6 Å². The van der Waals surface area contributed by atoms with Crippen molar-refractivity contribution in [2.45, 2.75) is 25.7 Å². The third kappa shape index (κ3) is 2.80. The van der Waals surface area contributed by atoms with E-state index in [0.29, 0.717) is 18.8 Å². The summed E-state index contributed by atoms with van der Waals surface area (Å²) in [6, 6.07) is 15.8. The topological polar surface area (TPSA) is 50.3 Å². The van der Waals surface area contributed by atoms with Crippen molar-refractivity contribution in [1.29, 1.82) is 0 Å². The van der Waals surface area contributed by atoms with Crippen LogP contribution in [0.2, 0.25) is 0 Å². The van der Waals surface area contributed by atoms with Gasteiger partial charge in [0.15, 0.2) is 5.78 Å². The van der Waals surface area contributed by atoms with Crippen molar-refractivity contribution in [2.75, 3.05) is 13.1 Å². The molecule has 4 heteroatoms. The SMILES string of the molecule is O=C(c1ccc2c3c(cccc13)CC2)[C@@H]1CCCN(C(=O)c2ccccn2)C1. The summed E-state index contributed by atoms with van der Waals surface area (Å²) < 4.78 is 0. The van der Waals surface area contributed by atoms with Crippen LogP contribution in [-0.2, 0) is 12.8 Å². The van der Waals surface area contributed by atoms with Gasteiger partial charge in [-0.2, -0.15) is 0 Å². The molecule has 1 aromatic heterocycles. The second kappa shape index (κ2) is 6.86. The molecule has 2 aliphatic rings. The Labute approximate surface area is 164 Å². The van der Waals surface area contributed by atoms with Gasteiger partial charge in [0.1, 0.15) is 5.69 Å². The minimum atomic E-state index is -0.153. The van der Waals surface area contributed by atoms with Crippen LogP contribution in [0, 0.1) is 5.92 Å². The molecule has 4 nitrogen and oxygen atoms in total. The van der Waals surface area contributed by atoms with Crippen LogP contribution < -0.4 is 0 Å². The highest BCUT2D eigenvalue weighted by Gasteiger charge is 2.31. The van der Waals surface area contributed by atoms with E-state index >= 15 is 0 Å². The number of rotatable bonds is 3. The first-order valence-electron chi connectivity index (χ1n) is 10.0. The smallest absolute Gasteiger partial charge is 0.272 e. The first-order chi connectivity index (χ1) is 13.7. The Morgan fingerprint density at radius 3 is 2.64 bits per heavy atom. The van der Waals surface area contributed by atoms with Crippen LogP contribution in [0.1, 0.15) is 44.8 Å². The average molecular weight is 370 g/mol. The minimum absolute atomic E-state index is 0.0847. The Balaban J connectivity index is 1.43. The van der Waals surface area contributed by atoms with Crippen molar-refractivity contribution < 1.29 is 9.59 Å². The number of ketones is 1. The van der Waals surface area contributed by atoms with Gasteiger partial charge in [0.25, 0.3) is 5.91 Å². The van der Waals surface area contributed by atoms with Crippen LogP contribution >= 0.6 is 0 Å². The maximum Gasteiger partial charge on any atom is 0.272 e. The normalized spacial score (nSPS) is 18.4. The molecule has 0 unspecified atom stereocenters. The number of piperidine rings is 1. The Morgan fingerprint density at radius 2 is 1.82 bits per heavy atom. The van der Waals surface area contributed by atoms with Gasteiger partial charge in [0.2, 0.25) is 0 Å². The van der Waals surface area contributed by atoms with E-state index in [4.69, 9.17) is 0 Å². The highest BCUT2D eigenvalue weighted by molar-refractivity contribution is 6.11. The molecule has 1 fully saturated rings. The van der Waals surface area contributed by atoms with Gasteiger partial charge in [-0.1, -0.05) is 36.4 Å². The standard InChI is InChI=1S/C24H22N2O2/c27-23(20-12-11-17-10-9-16-5-3-7-19(20)22(16)17)18-6-4-14-26(15-18)24(28)21-8-1-2-13-25-21/h1-3,5,7-8,11-13,18H,4,6,9-10,14-15H2/t18-/m1/s1. The number of benzene rings is 2. The minimum Gasteiger partial charge on any atom is -0.337 e. The van der Waals surface area contributed by atoms with Crippen molar-refractivity contribution in [3.8, 4) is 0 Å². The van der Waals surface area contributed by atoms with Gasteiger partial charge in [-0.15, -0.1) is 0 Å². The van der Waals surface area contributed by atoms with Crippen LogP contribution in [0.25, 0.3) is 10.8 Å². The highest BCUT2D eigenvalue weighted by Crippen LogP contribution is 2.34. The monoisotopic (exact) mass is 370 g/mol. The van der Waals surface area contributed by atoms with Crippen molar-refractivity contribution >= 4 is 22.5 Å². The van der Waals surface area contributed by atoms with E-state index < -0.39 is 0 Å². The predicted molar refractivity (Wildman–Crippen MR) is 109 cm³/mol. The first kappa shape index (κ1) is 17.1. The van der Waals surface area contributed by atoms with Crippen LogP contribution in [-0.4, -0.2) is 34.7 Å². The summed E-state index contributed by atoms with van der Waals surface area (Å²) in [4.78, 5) is 32.1. The van der Waals surface area contributed by atoms with E-state index in [9.17, 15) is 9.59 Å². The number of nitrogens with zero attached hydrogens (tertiary/aromatic N) is 2. The fraction of sp³-hybridized carbons (Fsp3) is 0.292. The summed E-state index contributed by atoms with van der Waals surface area (Å²) in [5.41, 5.74) is 3.94. The van der Waals surface area contributed by atoms with Gasteiger partial charge in [0, 0.05) is 30.8 Å². The molecule has 1 aliphatic heterocycles. The molecule has 0 saturated carbocycles. The molecule has 1 atom stereocenters. The second-order valence-electron chi connectivity index (χ2n) is 7.78. The summed E-state index contributed by atoms with van der Waals surface area (Å²) in [6.07, 6.45) is 5.41. The molecule has 0 bridgehead atoms. The number of hydrogen-bond donors (Lipinski definition) is 0. The zero-order valence-corrected chi connectivity index (χ0v) is 15.7. The maximum absolute atomic E-state index is 13.4. The molecular weight excluding hydrogens is 348 g/mol. The van der Waals surface area contributed by atoms with Crippen LogP contribution in [0.4, 0.5) is 0 Å². The number of carbonyl (C=O) groups is 2. The van der Waals surface area contributed by atoms with E-state index in [-0.39, 0.29) is 17.6 Å². The van der Waals surface area contributed by atoms with Crippen LogP contribution in [0.5, 0.6) is 0 Å². The summed E-state index contributed by atoms with van der Waals surface area (Å²) in [6.45, 7) is 1.15. The zero-order valence-electron chi connectivity index (χ0n) is 15.7. The van der Waals surface area contributed by atoms with E-state index in [0.717, 1.165) is 36.6 Å². The molecule has 0 spiro atoms. The number of Topliss-reactive ketones (excluding diaryl/α,β-unsaturated/α-hetero) is 1.